The summed E-state index contributed by atoms with van der Waals surface area (Å²) in [6.07, 6.45) is 3.93. The Morgan fingerprint density at radius 3 is 2.61 bits per heavy atom. The largest absolute Gasteiger partial charge is 0.325 e. The molecule has 0 saturated heterocycles. The summed E-state index contributed by atoms with van der Waals surface area (Å²) in [6.45, 7) is 0. The van der Waals surface area contributed by atoms with E-state index < -0.39 is 17.2 Å². The van der Waals surface area contributed by atoms with E-state index in [1.54, 1.807) is 0 Å². The Kier molecular flexibility index (Phi) is 3.76. The first-order valence-corrected chi connectivity index (χ1v) is 6.24. The van der Waals surface area contributed by atoms with Gasteiger partial charge < -0.3 is 5.73 Å². The number of nitrogens with two attached hydrogens (primary N) is 1. The predicted molar refractivity (Wildman–Crippen MR) is 65.1 cm³/mol. The normalized spacial score (nSPS) is 17.9. The summed E-state index contributed by atoms with van der Waals surface area (Å²) >= 11 is 0. The Balaban J connectivity index is 2.01. The maximum Gasteiger partial charge on any atom is 0.162 e. The van der Waals surface area contributed by atoms with E-state index in [0.29, 0.717) is 0 Å². The van der Waals surface area contributed by atoms with Gasteiger partial charge in [-0.15, -0.1) is 0 Å². The van der Waals surface area contributed by atoms with E-state index in [9.17, 15) is 13.6 Å². The van der Waals surface area contributed by atoms with Gasteiger partial charge in [0, 0.05) is 18.4 Å². The maximum atomic E-state index is 13.4. The van der Waals surface area contributed by atoms with Gasteiger partial charge in [-0.2, -0.15) is 0 Å². The van der Waals surface area contributed by atoms with Crippen LogP contribution in [0.1, 0.15) is 37.7 Å². The molecule has 1 aliphatic carbocycles. The molecule has 0 bridgehead atoms. The molecule has 0 heterocycles. The van der Waals surface area contributed by atoms with Crippen molar-refractivity contribution < 1.29 is 13.6 Å². The number of Topliss-reactive ketones (excluding diaryl/α,β-unsaturated/α-hetero) is 1. The summed E-state index contributed by atoms with van der Waals surface area (Å²) in [6, 6.07) is 3.90. The Hall–Kier alpha value is -1.29. The number of carbonyl (C=O) groups is 1. The fraction of sp³-hybridized carbons (Fsp3) is 0.500. The van der Waals surface area contributed by atoms with E-state index in [1.165, 1.54) is 12.1 Å². The van der Waals surface area contributed by atoms with Crippen molar-refractivity contribution in [1.82, 2.24) is 0 Å². The Bertz CT molecular complexity index is 453. The molecule has 2 nitrogen and oxygen atoms in total. The highest BCUT2D eigenvalue weighted by Gasteiger charge is 2.31. The first kappa shape index (κ1) is 13.1. The van der Waals surface area contributed by atoms with E-state index in [2.05, 4.69) is 0 Å². The number of benzene rings is 1. The van der Waals surface area contributed by atoms with Crippen LogP contribution in [-0.2, 0) is 11.2 Å². The summed E-state index contributed by atoms with van der Waals surface area (Å²) in [7, 11) is 0. The van der Waals surface area contributed by atoms with Crippen molar-refractivity contribution in [2.24, 2.45) is 5.73 Å². The number of carbonyl (C=O) groups excluding carboxylic acids is 1. The van der Waals surface area contributed by atoms with Gasteiger partial charge in [-0.1, -0.05) is 25.0 Å². The van der Waals surface area contributed by atoms with Crippen LogP contribution < -0.4 is 5.73 Å². The molecule has 1 fully saturated rings. The lowest BCUT2D eigenvalue weighted by Crippen LogP contribution is -2.39. The highest BCUT2D eigenvalue weighted by atomic mass is 19.2. The van der Waals surface area contributed by atoms with Gasteiger partial charge in [0.25, 0.3) is 0 Å². The van der Waals surface area contributed by atoms with Gasteiger partial charge in [0.05, 0.1) is 0 Å². The zero-order valence-corrected chi connectivity index (χ0v) is 10.2. The molecule has 1 aromatic rings. The van der Waals surface area contributed by atoms with E-state index >= 15 is 0 Å². The van der Waals surface area contributed by atoms with E-state index in [-0.39, 0.29) is 24.2 Å². The van der Waals surface area contributed by atoms with Gasteiger partial charge in [-0.05, 0) is 24.5 Å². The first-order valence-electron chi connectivity index (χ1n) is 6.24. The minimum absolute atomic E-state index is 0.0808. The average Bonchev–Trinajstić information content (AvgIpc) is 2.71. The van der Waals surface area contributed by atoms with Crippen molar-refractivity contribution in [3.05, 3.63) is 35.4 Å². The molecule has 0 atom stereocenters. The summed E-state index contributed by atoms with van der Waals surface area (Å²) in [5.74, 6) is -1.96. The smallest absolute Gasteiger partial charge is 0.162 e. The third-order valence-corrected chi connectivity index (χ3v) is 3.57. The summed E-state index contributed by atoms with van der Waals surface area (Å²) in [5.41, 5.74) is 5.78. The molecule has 1 aromatic carbocycles. The van der Waals surface area contributed by atoms with Crippen molar-refractivity contribution in [2.75, 3.05) is 0 Å². The molecule has 0 unspecified atom stereocenters. The summed E-state index contributed by atoms with van der Waals surface area (Å²) in [5, 5.41) is 0. The second kappa shape index (κ2) is 5.14. The molecule has 0 amide bonds. The lowest BCUT2D eigenvalue weighted by Gasteiger charge is -2.22. The quantitative estimate of drug-likeness (QED) is 0.896. The lowest BCUT2D eigenvalue weighted by molar-refractivity contribution is -0.119. The molecule has 2 N–H and O–H groups in total. The van der Waals surface area contributed by atoms with Crippen LogP contribution in [0.5, 0.6) is 0 Å². The molecule has 0 spiro atoms. The molecular weight excluding hydrogens is 236 g/mol. The molecule has 0 aliphatic heterocycles. The Labute approximate surface area is 105 Å². The summed E-state index contributed by atoms with van der Waals surface area (Å²) < 4.78 is 26.4. The molecule has 98 valence electrons. The first-order chi connectivity index (χ1) is 8.50. The van der Waals surface area contributed by atoms with Crippen LogP contribution in [0.25, 0.3) is 0 Å². The van der Waals surface area contributed by atoms with Crippen molar-refractivity contribution in [3.8, 4) is 0 Å². The van der Waals surface area contributed by atoms with Crippen LogP contribution in [0.4, 0.5) is 8.78 Å². The second-order valence-corrected chi connectivity index (χ2v) is 5.17. The number of hydrogen-bond donors (Lipinski definition) is 1. The second-order valence-electron chi connectivity index (χ2n) is 5.17. The molecule has 1 saturated carbocycles. The van der Waals surface area contributed by atoms with Crippen LogP contribution in [-0.4, -0.2) is 11.3 Å². The minimum atomic E-state index is -0.927. The van der Waals surface area contributed by atoms with Gasteiger partial charge in [-0.3, -0.25) is 4.79 Å². The van der Waals surface area contributed by atoms with Crippen molar-refractivity contribution in [3.63, 3.8) is 0 Å². The molecule has 0 radical (unpaired) electrons. The van der Waals surface area contributed by atoms with E-state index in [0.717, 1.165) is 31.7 Å². The van der Waals surface area contributed by atoms with Gasteiger partial charge in [0.2, 0.25) is 0 Å². The van der Waals surface area contributed by atoms with Crippen LogP contribution in [0.3, 0.4) is 0 Å². The standard InChI is InChI=1S/C14H17F2NO/c15-12-5-3-4-10(13(12)16)8-11(18)9-14(17)6-1-2-7-14/h3-5H,1-2,6-9,17H2. The van der Waals surface area contributed by atoms with Gasteiger partial charge in [0.15, 0.2) is 11.6 Å². The molecule has 4 heteroatoms. The van der Waals surface area contributed by atoms with Gasteiger partial charge >= 0.3 is 0 Å². The van der Waals surface area contributed by atoms with Gasteiger partial charge in [-0.25, -0.2) is 8.78 Å². The van der Waals surface area contributed by atoms with Crippen molar-refractivity contribution in [1.29, 1.82) is 0 Å². The number of rotatable bonds is 4. The molecule has 0 aromatic heterocycles. The predicted octanol–water partition coefficient (Wildman–Crippen LogP) is 2.74. The fourth-order valence-corrected chi connectivity index (χ4v) is 2.61. The zero-order valence-electron chi connectivity index (χ0n) is 10.2. The van der Waals surface area contributed by atoms with Crippen LogP contribution in [0.15, 0.2) is 18.2 Å². The number of hydrogen-bond acceptors (Lipinski definition) is 2. The molecule has 1 aliphatic rings. The Morgan fingerprint density at radius 2 is 1.94 bits per heavy atom. The zero-order chi connectivity index (χ0) is 13.2. The molecular formula is C14H17F2NO. The highest BCUT2D eigenvalue weighted by molar-refractivity contribution is 5.82. The van der Waals surface area contributed by atoms with E-state index in [4.69, 9.17) is 5.73 Å². The van der Waals surface area contributed by atoms with Crippen molar-refractivity contribution >= 4 is 5.78 Å². The van der Waals surface area contributed by atoms with Gasteiger partial charge in [0.1, 0.15) is 5.78 Å². The fourth-order valence-electron chi connectivity index (χ4n) is 2.61. The summed E-state index contributed by atoms with van der Waals surface area (Å²) in [4.78, 5) is 11.9. The minimum Gasteiger partial charge on any atom is -0.325 e. The average molecular weight is 253 g/mol. The highest BCUT2D eigenvalue weighted by Crippen LogP contribution is 2.30. The lowest BCUT2D eigenvalue weighted by atomic mass is 9.90. The van der Waals surface area contributed by atoms with Crippen LogP contribution in [0.2, 0.25) is 0 Å². The van der Waals surface area contributed by atoms with E-state index in [1.807, 2.05) is 0 Å². The Morgan fingerprint density at radius 1 is 1.28 bits per heavy atom. The SMILES string of the molecule is NC1(CC(=O)Cc2cccc(F)c2F)CCCC1. The maximum absolute atomic E-state index is 13.4. The topological polar surface area (TPSA) is 43.1 Å². The third kappa shape index (κ3) is 2.93. The van der Waals surface area contributed by atoms with Crippen LogP contribution in [0, 0.1) is 11.6 Å². The number of halogens is 2. The van der Waals surface area contributed by atoms with Crippen molar-refractivity contribution in [2.45, 2.75) is 44.1 Å². The van der Waals surface area contributed by atoms with Crippen LogP contribution >= 0.6 is 0 Å². The number of ketones is 1. The molecule has 18 heavy (non-hydrogen) atoms. The third-order valence-electron chi connectivity index (χ3n) is 3.57. The monoisotopic (exact) mass is 253 g/mol. The molecule has 2 rings (SSSR count).